The molecule has 1 atom stereocenters. The molecule has 2 saturated heterocycles. The van der Waals surface area contributed by atoms with Gasteiger partial charge in [0.2, 0.25) is 0 Å². The molecule has 3 rings (SSSR count). The molecule has 1 unspecified atom stereocenters. The van der Waals surface area contributed by atoms with Gasteiger partial charge in [0, 0.05) is 65.0 Å². The van der Waals surface area contributed by atoms with E-state index in [1.54, 1.807) is 6.26 Å². The molecular weight excluding hydrogens is 340 g/mol. The second-order valence-corrected chi connectivity index (χ2v) is 8.22. The first-order valence-corrected chi connectivity index (χ1v) is 10.5. The summed E-state index contributed by atoms with van der Waals surface area (Å²) in [5, 5.41) is 7.68. The third-order valence-corrected chi connectivity index (χ3v) is 5.61. The Morgan fingerprint density at radius 2 is 2.07 bits per heavy atom. The number of likely N-dealkylation sites (tertiary alicyclic amines) is 1. The molecule has 7 heteroatoms. The van der Waals surface area contributed by atoms with Crippen molar-refractivity contribution in [2.24, 2.45) is 10.9 Å². The van der Waals surface area contributed by atoms with Crippen molar-refractivity contribution in [2.45, 2.75) is 45.7 Å². The van der Waals surface area contributed by atoms with Crippen molar-refractivity contribution in [3.63, 3.8) is 0 Å². The van der Waals surface area contributed by atoms with Crippen LogP contribution in [0.4, 0.5) is 0 Å². The molecule has 0 amide bonds. The Balaban J connectivity index is 1.45. The zero-order chi connectivity index (χ0) is 19.1. The number of aromatic nitrogens is 1. The zero-order valence-electron chi connectivity index (χ0n) is 17.2. The first kappa shape index (κ1) is 20.1. The number of nitrogens with one attached hydrogen (secondary N) is 1. The van der Waals surface area contributed by atoms with Crippen LogP contribution in [-0.2, 0) is 6.54 Å². The van der Waals surface area contributed by atoms with Crippen LogP contribution in [0, 0.1) is 5.92 Å². The topological polar surface area (TPSA) is 60.1 Å². The highest BCUT2D eigenvalue weighted by Crippen LogP contribution is 2.18. The molecule has 27 heavy (non-hydrogen) atoms. The molecule has 0 spiro atoms. The van der Waals surface area contributed by atoms with Crippen LogP contribution in [0.15, 0.2) is 21.8 Å². The molecule has 7 nitrogen and oxygen atoms in total. The highest BCUT2D eigenvalue weighted by molar-refractivity contribution is 5.80. The lowest BCUT2D eigenvalue weighted by molar-refractivity contribution is 0.131. The molecule has 0 radical (unpaired) electrons. The van der Waals surface area contributed by atoms with Crippen molar-refractivity contribution >= 4 is 5.96 Å². The quantitative estimate of drug-likeness (QED) is 0.604. The zero-order valence-corrected chi connectivity index (χ0v) is 17.2. The second kappa shape index (κ2) is 10.1. The van der Waals surface area contributed by atoms with Gasteiger partial charge in [-0.1, -0.05) is 25.4 Å². The van der Waals surface area contributed by atoms with Gasteiger partial charge in [0.15, 0.2) is 5.96 Å². The van der Waals surface area contributed by atoms with E-state index in [0.29, 0.717) is 6.04 Å². The summed E-state index contributed by atoms with van der Waals surface area (Å²) in [6.07, 6.45) is 5.62. The smallest absolute Gasteiger partial charge is 0.193 e. The van der Waals surface area contributed by atoms with E-state index in [1.165, 1.54) is 32.4 Å². The number of piperazine rings is 1. The maximum Gasteiger partial charge on any atom is 0.193 e. The summed E-state index contributed by atoms with van der Waals surface area (Å²) < 4.78 is 4.93. The Morgan fingerprint density at radius 1 is 1.26 bits per heavy atom. The molecule has 0 aromatic carbocycles. The summed E-state index contributed by atoms with van der Waals surface area (Å²) in [5.74, 6) is 1.77. The number of aliphatic imine (C=N–C) groups is 1. The van der Waals surface area contributed by atoms with Crippen molar-refractivity contribution < 1.29 is 4.52 Å². The third-order valence-electron chi connectivity index (χ3n) is 5.61. The van der Waals surface area contributed by atoms with Crippen LogP contribution in [0.5, 0.6) is 0 Å². The van der Waals surface area contributed by atoms with Crippen LogP contribution in [0.3, 0.4) is 0 Å². The minimum absolute atomic E-state index is 0.631. The summed E-state index contributed by atoms with van der Waals surface area (Å²) in [5.41, 5.74) is 1.01. The Labute approximate surface area is 163 Å². The van der Waals surface area contributed by atoms with E-state index in [1.807, 2.05) is 13.1 Å². The lowest BCUT2D eigenvalue weighted by atomic mass is 10.0. The summed E-state index contributed by atoms with van der Waals surface area (Å²) in [7, 11) is 1.90. The SMILES string of the molecule is CN=C(NCC1CCCCN1CC(C)C)N1CCN(Cc2ccon2)CC1. The molecule has 1 aromatic heterocycles. The molecule has 152 valence electrons. The van der Waals surface area contributed by atoms with Gasteiger partial charge in [-0.25, -0.2) is 0 Å². The molecule has 2 aliphatic heterocycles. The molecule has 2 aliphatic rings. The van der Waals surface area contributed by atoms with E-state index in [9.17, 15) is 0 Å². The average molecular weight is 377 g/mol. The van der Waals surface area contributed by atoms with E-state index >= 15 is 0 Å². The van der Waals surface area contributed by atoms with Crippen LogP contribution in [0.2, 0.25) is 0 Å². The highest BCUT2D eigenvalue weighted by Gasteiger charge is 2.25. The number of piperidine rings is 1. The van der Waals surface area contributed by atoms with Gasteiger partial charge in [-0.3, -0.25) is 14.8 Å². The third kappa shape index (κ3) is 5.94. The van der Waals surface area contributed by atoms with Crippen molar-refractivity contribution in [1.82, 2.24) is 25.2 Å². The molecule has 0 saturated carbocycles. The second-order valence-electron chi connectivity index (χ2n) is 8.22. The van der Waals surface area contributed by atoms with Gasteiger partial charge in [-0.05, 0) is 25.3 Å². The molecule has 2 fully saturated rings. The fourth-order valence-electron chi connectivity index (χ4n) is 4.21. The first-order valence-electron chi connectivity index (χ1n) is 10.5. The number of hydrogen-bond donors (Lipinski definition) is 1. The predicted octanol–water partition coefficient (Wildman–Crippen LogP) is 1.88. The Morgan fingerprint density at radius 3 is 2.74 bits per heavy atom. The summed E-state index contributed by atoms with van der Waals surface area (Å²) >= 11 is 0. The van der Waals surface area contributed by atoms with Crippen LogP contribution in [0.1, 0.15) is 38.8 Å². The lowest BCUT2D eigenvalue weighted by Gasteiger charge is -2.39. The maximum absolute atomic E-state index is 4.93. The van der Waals surface area contributed by atoms with E-state index in [4.69, 9.17) is 4.52 Å². The number of rotatable bonds is 6. The number of guanidine groups is 1. The van der Waals surface area contributed by atoms with Crippen LogP contribution < -0.4 is 5.32 Å². The van der Waals surface area contributed by atoms with Crippen molar-refractivity contribution in [2.75, 3.05) is 52.9 Å². The minimum Gasteiger partial charge on any atom is -0.364 e. The van der Waals surface area contributed by atoms with Gasteiger partial charge in [0.05, 0.1) is 5.69 Å². The van der Waals surface area contributed by atoms with Crippen LogP contribution >= 0.6 is 0 Å². The van der Waals surface area contributed by atoms with Gasteiger partial charge < -0.3 is 14.7 Å². The molecule has 1 N–H and O–H groups in total. The lowest BCUT2D eigenvalue weighted by Crippen LogP contribution is -2.55. The van der Waals surface area contributed by atoms with E-state index in [2.05, 4.69) is 44.0 Å². The van der Waals surface area contributed by atoms with Gasteiger partial charge in [-0.15, -0.1) is 0 Å². The molecule has 1 aromatic rings. The Kier molecular flexibility index (Phi) is 7.52. The Hall–Kier alpha value is -1.60. The van der Waals surface area contributed by atoms with E-state index < -0.39 is 0 Å². The Bertz CT molecular complexity index is 565. The fraction of sp³-hybridized carbons (Fsp3) is 0.800. The number of hydrogen-bond acceptors (Lipinski definition) is 5. The number of nitrogens with zero attached hydrogens (tertiary/aromatic N) is 5. The van der Waals surface area contributed by atoms with Gasteiger partial charge in [-0.2, -0.15) is 0 Å². The first-order chi connectivity index (χ1) is 13.2. The van der Waals surface area contributed by atoms with E-state index in [0.717, 1.165) is 56.8 Å². The maximum atomic E-state index is 4.93. The monoisotopic (exact) mass is 376 g/mol. The molecular formula is C20H36N6O. The van der Waals surface area contributed by atoms with Gasteiger partial charge in [0.25, 0.3) is 0 Å². The summed E-state index contributed by atoms with van der Waals surface area (Å²) in [6, 6.07) is 2.58. The van der Waals surface area contributed by atoms with Crippen LogP contribution in [0.25, 0.3) is 0 Å². The van der Waals surface area contributed by atoms with Crippen molar-refractivity contribution in [3.8, 4) is 0 Å². The van der Waals surface area contributed by atoms with Crippen LogP contribution in [-0.4, -0.2) is 84.7 Å². The highest BCUT2D eigenvalue weighted by atomic mass is 16.5. The van der Waals surface area contributed by atoms with Gasteiger partial charge in [0.1, 0.15) is 6.26 Å². The standard InChI is InChI=1S/C20H36N6O/c1-17(2)15-26-8-5-4-6-19(26)14-22-20(21-3)25-11-9-24(10-12-25)16-18-7-13-27-23-18/h7,13,17,19H,4-6,8-12,14-16H2,1-3H3,(H,21,22). The minimum atomic E-state index is 0.631. The summed E-state index contributed by atoms with van der Waals surface area (Å²) in [6.45, 7) is 13.0. The molecule has 3 heterocycles. The van der Waals surface area contributed by atoms with E-state index in [-0.39, 0.29) is 0 Å². The normalized spacial score (nSPS) is 23.2. The molecule has 0 aliphatic carbocycles. The molecule has 0 bridgehead atoms. The average Bonchev–Trinajstić information content (AvgIpc) is 3.17. The van der Waals surface area contributed by atoms with Crippen molar-refractivity contribution in [1.29, 1.82) is 0 Å². The summed E-state index contributed by atoms with van der Waals surface area (Å²) in [4.78, 5) is 12.0. The fourth-order valence-corrected chi connectivity index (χ4v) is 4.21. The largest absolute Gasteiger partial charge is 0.364 e. The predicted molar refractivity (Wildman–Crippen MR) is 109 cm³/mol. The van der Waals surface area contributed by atoms with Crippen molar-refractivity contribution in [3.05, 3.63) is 18.0 Å². The van der Waals surface area contributed by atoms with Gasteiger partial charge >= 0.3 is 0 Å².